The van der Waals surface area contributed by atoms with Crippen LogP contribution < -0.4 is 0 Å². The highest BCUT2D eigenvalue weighted by atomic mass is 32.2. The zero-order chi connectivity index (χ0) is 12.2. The van der Waals surface area contributed by atoms with Crippen LogP contribution in [0, 0.1) is 22.7 Å². The third kappa shape index (κ3) is 2.92. The molecule has 6 nitrogen and oxygen atoms in total. The van der Waals surface area contributed by atoms with Crippen LogP contribution in [-0.2, 0) is 10.0 Å². The van der Waals surface area contributed by atoms with Crippen molar-refractivity contribution in [1.29, 1.82) is 10.5 Å². The van der Waals surface area contributed by atoms with Crippen molar-refractivity contribution in [3.8, 4) is 12.1 Å². The molecule has 1 rings (SSSR count). The summed E-state index contributed by atoms with van der Waals surface area (Å²) in [5, 5.41) is 17.1. The van der Waals surface area contributed by atoms with Crippen LogP contribution in [-0.4, -0.2) is 55.6 Å². The Bertz CT molecular complexity index is 412. The first kappa shape index (κ1) is 12.9. The van der Waals surface area contributed by atoms with Gasteiger partial charge in [0.05, 0.1) is 18.2 Å². The van der Waals surface area contributed by atoms with Crippen molar-refractivity contribution in [2.24, 2.45) is 0 Å². The molecule has 0 N–H and O–H groups in total. The summed E-state index contributed by atoms with van der Waals surface area (Å²) in [4.78, 5) is 1.93. The van der Waals surface area contributed by atoms with Gasteiger partial charge in [-0.05, 0) is 6.92 Å². The first-order valence-electron chi connectivity index (χ1n) is 4.99. The average Bonchev–Trinajstić information content (AvgIpc) is 2.28. The molecule has 7 heteroatoms. The maximum Gasteiger partial charge on any atom is 0.227 e. The minimum atomic E-state index is -3.43. The fourth-order valence-corrected chi connectivity index (χ4v) is 2.69. The third-order valence-electron chi connectivity index (χ3n) is 2.65. The van der Waals surface area contributed by atoms with E-state index in [1.54, 1.807) is 13.0 Å². The number of piperazine rings is 1. The molecule has 16 heavy (non-hydrogen) atoms. The molecule has 1 saturated heterocycles. The van der Waals surface area contributed by atoms with E-state index >= 15 is 0 Å². The lowest BCUT2D eigenvalue weighted by Gasteiger charge is -2.34. The largest absolute Gasteiger partial charge is 0.286 e. The molecule has 1 fully saturated rings. The monoisotopic (exact) mass is 242 g/mol. The van der Waals surface area contributed by atoms with Gasteiger partial charge in [0.1, 0.15) is 0 Å². The number of nitrogens with zero attached hydrogens (tertiary/aromatic N) is 4. The quantitative estimate of drug-likeness (QED) is 0.657. The van der Waals surface area contributed by atoms with E-state index in [0.717, 1.165) is 0 Å². The molecule has 0 saturated carbocycles. The van der Waals surface area contributed by atoms with E-state index < -0.39 is 15.8 Å². The fraction of sp³-hybridized carbons (Fsp3) is 0.778. The number of hydrogen-bond donors (Lipinski definition) is 0. The zero-order valence-electron chi connectivity index (χ0n) is 9.13. The average molecular weight is 242 g/mol. The van der Waals surface area contributed by atoms with Gasteiger partial charge in [0.2, 0.25) is 10.0 Å². The molecule has 0 spiro atoms. The second-order valence-corrected chi connectivity index (χ2v) is 5.62. The molecular weight excluding hydrogens is 228 g/mol. The predicted molar refractivity (Wildman–Crippen MR) is 57.6 cm³/mol. The lowest BCUT2D eigenvalue weighted by molar-refractivity contribution is 0.170. The highest BCUT2D eigenvalue weighted by Gasteiger charge is 2.28. The topological polar surface area (TPSA) is 88.2 Å². The Balaban J connectivity index is 2.57. The molecule has 0 bridgehead atoms. The normalized spacial score (nSPS) is 20.9. The molecule has 88 valence electrons. The minimum Gasteiger partial charge on any atom is -0.286 e. The van der Waals surface area contributed by atoms with Gasteiger partial charge >= 0.3 is 0 Å². The van der Waals surface area contributed by atoms with E-state index in [9.17, 15) is 8.42 Å². The van der Waals surface area contributed by atoms with Gasteiger partial charge in [0, 0.05) is 26.2 Å². The number of sulfonamides is 1. The summed E-state index contributed by atoms with van der Waals surface area (Å²) >= 11 is 0. The Morgan fingerprint density at radius 1 is 1.25 bits per heavy atom. The van der Waals surface area contributed by atoms with Crippen molar-refractivity contribution in [3.63, 3.8) is 0 Å². The summed E-state index contributed by atoms with van der Waals surface area (Å²) in [7, 11) is -3.43. The molecule has 1 atom stereocenters. The standard InChI is InChI=1S/C9H14N4O2S/c1-9(8-11)12-3-5-13(6-4-12)16(14,15)7-2-10/h9H,3-7H2,1H3. The van der Waals surface area contributed by atoms with Crippen molar-refractivity contribution in [2.45, 2.75) is 13.0 Å². The number of hydrogen-bond acceptors (Lipinski definition) is 5. The maximum absolute atomic E-state index is 11.6. The van der Waals surface area contributed by atoms with Crippen LogP contribution in [0.25, 0.3) is 0 Å². The highest BCUT2D eigenvalue weighted by molar-refractivity contribution is 7.89. The second-order valence-electron chi connectivity index (χ2n) is 3.65. The minimum absolute atomic E-state index is 0.194. The van der Waals surface area contributed by atoms with Crippen molar-refractivity contribution in [1.82, 2.24) is 9.21 Å². The SMILES string of the molecule is CC(C#N)N1CCN(S(=O)(=O)CC#N)CC1. The van der Waals surface area contributed by atoms with E-state index in [0.29, 0.717) is 26.2 Å². The maximum atomic E-state index is 11.6. The van der Waals surface area contributed by atoms with Crippen molar-refractivity contribution >= 4 is 10.0 Å². The lowest BCUT2D eigenvalue weighted by Crippen LogP contribution is -2.51. The first-order valence-corrected chi connectivity index (χ1v) is 6.60. The molecule has 1 aliphatic heterocycles. The molecule has 1 heterocycles. The van der Waals surface area contributed by atoms with E-state index in [1.807, 2.05) is 4.90 Å². The van der Waals surface area contributed by atoms with E-state index in [1.165, 1.54) is 4.31 Å². The number of rotatable bonds is 3. The van der Waals surface area contributed by atoms with Crippen LogP contribution >= 0.6 is 0 Å². The molecule has 0 amide bonds. The van der Waals surface area contributed by atoms with Crippen LogP contribution in [0.3, 0.4) is 0 Å². The smallest absolute Gasteiger partial charge is 0.227 e. The highest BCUT2D eigenvalue weighted by Crippen LogP contribution is 2.09. The summed E-state index contributed by atoms with van der Waals surface area (Å²) in [6.07, 6.45) is 0. The van der Waals surface area contributed by atoms with Gasteiger partial charge in [0.15, 0.2) is 5.75 Å². The van der Waals surface area contributed by atoms with Gasteiger partial charge in [-0.25, -0.2) is 8.42 Å². The van der Waals surface area contributed by atoms with Crippen LogP contribution in [0.4, 0.5) is 0 Å². The van der Waals surface area contributed by atoms with E-state index in [4.69, 9.17) is 10.5 Å². The van der Waals surface area contributed by atoms with Gasteiger partial charge in [-0.1, -0.05) is 0 Å². The van der Waals surface area contributed by atoms with E-state index in [2.05, 4.69) is 6.07 Å². The molecule has 0 aliphatic carbocycles. The summed E-state index contributed by atoms with van der Waals surface area (Å²) in [6.45, 7) is 3.59. The Morgan fingerprint density at radius 2 is 1.81 bits per heavy atom. The van der Waals surface area contributed by atoms with Gasteiger partial charge in [-0.2, -0.15) is 14.8 Å². The Labute approximate surface area is 95.7 Å². The van der Waals surface area contributed by atoms with Crippen molar-refractivity contribution in [3.05, 3.63) is 0 Å². The van der Waals surface area contributed by atoms with Crippen molar-refractivity contribution < 1.29 is 8.42 Å². The Morgan fingerprint density at radius 3 is 2.25 bits per heavy atom. The Kier molecular flexibility index (Phi) is 4.25. The van der Waals surface area contributed by atoms with Crippen LogP contribution in [0.5, 0.6) is 0 Å². The molecule has 0 aromatic heterocycles. The molecule has 1 unspecified atom stereocenters. The number of nitriles is 2. The Hall–Kier alpha value is -1.15. The molecule has 0 aromatic rings. The third-order valence-corrected chi connectivity index (χ3v) is 4.29. The van der Waals surface area contributed by atoms with Crippen LogP contribution in [0.1, 0.15) is 6.92 Å². The molecular formula is C9H14N4O2S. The van der Waals surface area contributed by atoms with Crippen LogP contribution in [0.15, 0.2) is 0 Å². The summed E-state index contributed by atoms with van der Waals surface area (Å²) in [6, 6.07) is 3.58. The summed E-state index contributed by atoms with van der Waals surface area (Å²) < 4.78 is 24.4. The van der Waals surface area contributed by atoms with Gasteiger partial charge in [-0.15, -0.1) is 0 Å². The first-order chi connectivity index (χ1) is 7.51. The predicted octanol–water partition coefficient (Wildman–Crippen LogP) is -0.631. The van der Waals surface area contributed by atoms with Gasteiger partial charge < -0.3 is 0 Å². The zero-order valence-corrected chi connectivity index (χ0v) is 9.94. The fourth-order valence-electron chi connectivity index (χ4n) is 1.62. The van der Waals surface area contributed by atoms with Crippen molar-refractivity contribution in [2.75, 3.05) is 31.9 Å². The van der Waals surface area contributed by atoms with Gasteiger partial charge in [0.25, 0.3) is 0 Å². The molecule has 0 aromatic carbocycles. The second kappa shape index (κ2) is 5.26. The van der Waals surface area contributed by atoms with E-state index in [-0.39, 0.29) is 6.04 Å². The summed E-state index contributed by atoms with van der Waals surface area (Å²) in [5.74, 6) is -0.471. The molecule has 1 aliphatic rings. The summed E-state index contributed by atoms with van der Waals surface area (Å²) in [5.41, 5.74) is 0. The van der Waals surface area contributed by atoms with Gasteiger partial charge in [-0.3, -0.25) is 4.90 Å². The van der Waals surface area contributed by atoms with Crippen LogP contribution in [0.2, 0.25) is 0 Å². The molecule has 0 radical (unpaired) electrons. The lowest BCUT2D eigenvalue weighted by atomic mass is 10.2.